The van der Waals surface area contributed by atoms with E-state index >= 15 is 0 Å². The van der Waals surface area contributed by atoms with E-state index in [2.05, 4.69) is 10.2 Å². The van der Waals surface area contributed by atoms with Gasteiger partial charge >= 0.3 is 5.97 Å². The lowest BCUT2D eigenvalue weighted by Gasteiger charge is -2.35. The minimum Gasteiger partial charge on any atom is -0.476 e. The number of amides is 1. The Kier molecular flexibility index (Phi) is 4.55. The van der Waals surface area contributed by atoms with Crippen molar-refractivity contribution in [1.82, 2.24) is 15.1 Å². The fraction of sp³-hybridized carbons (Fsp3) is 0.250. The van der Waals surface area contributed by atoms with Gasteiger partial charge in [0.1, 0.15) is 17.2 Å². The minimum atomic E-state index is -1.17. The maximum absolute atomic E-state index is 13.7. The van der Waals surface area contributed by atoms with Crippen molar-refractivity contribution in [3.63, 3.8) is 0 Å². The first-order valence-corrected chi connectivity index (χ1v) is 7.52. The Labute approximate surface area is 141 Å². The molecule has 1 aromatic carbocycles. The molecular formula is C16H14F2N4O3. The molecule has 0 saturated carbocycles. The molecule has 1 aliphatic rings. The molecular weight excluding hydrogens is 334 g/mol. The Morgan fingerprint density at radius 1 is 0.960 bits per heavy atom. The molecule has 1 N–H and O–H groups in total. The number of carbonyl (C=O) groups is 2. The van der Waals surface area contributed by atoms with Crippen LogP contribution in [0.15, 0.2) is 30.3 Å². The minimum absolute atomic E-state index is 0.160. The van der Waals surface area contributed by atoms with E-state index in [0.29, 0.717) is 18.9 Å². The Bertz CT molecular complexity index is 785. The molecule has 3 rings (SSSR count). The average Bonchev–Trinajstić information content (AvgIpc) is 2.61. The van der Waals surface area contributed by atoms with E-state index in [1.165, 1.54) is 23.1 Å². The molecule has 2 aromatic rings. The Morgan fingerprint density at radius 3 is 2.12 bits per heavy atom. The molecule has 1 amide bonds. The SMILES string of the molecule is O=C(O)c1ccc(N2CCN(C(=O)c3c(F)cccc3F)CC2)nn1. The molecule has 0 radical (unpaired) electrons. The van der Waals surface area contributed by atoms with Crippen LogP contribution < -0.4 is 4.90 Å². The molecule has 1 aromatic heterocycles. The Morgan fingerprint density at radius 2 is 1.60 bits per heavy atom. The summed E-state index contributed by atoms with van der Waals surface area (Å²) < 4.78 is 27.5. The van der Waals surface area contributed by atoms with Gasteiger partial charge in [-0.05, 0) is 24.3 Å². The number of carboxylic acid groups (broad SMARTS) is 1. The maximum Gasteiger partial charge on any atom is 0.356 e. The summed E-state index contributed by atoms with van der Waals surface area (Å²) in [6, 6.07) is 6.18. The zero-order valence-electron chi connectivity index (χ0n) is 13.0. The Balaban J connectivity index is 1.67. The van der Waals surface area contributed by atoms with Gasteiger partial charge in [0.2, 0.25) is 0 Å². The van der Waals surface area contributed by atoms with Crippen LogP contribution in [0.4, 0.5) is 14.6 Å². The molecule has 7 nitrogen and oxygen atoms in total. The first-order chi connectivity index (χ1) is 12.0. The van der Waals surface area contributed by atoms with E-state index in [1.54, 1.807) is 0 Å². The highest BCUT2D eigenvalue weighted by Gasteiger charge is 2.27. The number of piperazine rings is 1. The number of halogens is 2. The van der Waals surface area contributed by atoms with Crippen LogP contribution in [0, 0.1) is 11.6 Å². The summed E-state index contributed by atoms with van der Waals surface area (Å²) in [5.74, 6) is -3.15. The lowest BCUT2D eigenvalue weighted by Crippen LogP contribution is -2.49. The van der Waals surface area contributed by atoms with Crippen LogP contribution in [0.5, 0.6) is 0 Å². The molecule has 0 aliphatic carbocycles. The number of aromatic carboxylic acids is 1. The first-order valence-electron chi connectivity index (χ1n) is 7.52. The second-order valence-corrected chi connectivity index (χ2v) is 5.46. The molecule has 1 aliphatic heterocycles. The summed E-state index contributed by atoms with van der Waals surface area (Å²) in [5, 5.41) is 16.3. The van der Waals surface area contributed by atoms with Crippen molar-refractivity contribution in [3.05, 3.63) is 53.2 Å². The van der Waals surface area contributed by atoms with Crippen LogP contribution in [-0.4, -0.2) is 58.3 Å². The highest BCUT2D eigenvalue weighted by atomic mass is 19.1. The number of aromatic nitrogens is 2. The van der Waals surface area contributed by atoms with Crippen LogP contribution in [0.25, 0.3) is 0 Å². The topological polar surface area (TPSA) is 86.6 Å². The van der Waals surface area contributed by atoms with Gasteiger partial charge < -0.3 is 14.9 Å². The van der Waals surface area contributed by atoms with Gasteiger partial charge in [-0.25, -0.2) is 13.6 Å². The first kappa shape index (κ1) is 16.7. The van der Waals surface area contributed by atoms with Crippen molar-refractivity contribution in [2.75, 3.05) is 31.1 Å². The van der Waals surface area contributed by atoms with Crippen molar-refractivity contribution in [3.8, 4) is 0 Å². The predicted octanol–water partition coefficient (Wildman–Crippen LogP) is 1.42. The number of carbonyl (C=O) groups excluding carboxylic acids is 1. The van der Waals surface area contributed by atoms with Gasteiger partial charge in [-0.3, -0.25) is 4.79 Å². The molecule has 1 fully saturated rings. The molecule has 1 saturated heterocycles. The van der Waals surface area contributed by atoms with E-state index < -0.39 is 29.1 Å². The second-order valence-electron chi connectivity index (χ2n) is 5.46. The summed E-state index contributed by atoms with van der Waals surface area (Å²) >= 11 is 0. The standard InChI is InChI=1S/C16H14F2N4O3/c17-10-2-1-3-11(18)14(10)15(23)22-8-6-21(7-9-22)13-5-4-12(16(24)25)19-20-13/h1-5H,6-9H2,(H,24,25). The molecule has 0 unspecified atom stereocenters. The van der Waals surface area contributed by atoms with Gasteiger partial charge in [-0.1, -0.05) is 6.07 Å². The fourth-order valence-corrected chi connectivity index (χ4v) is 2.61. The molecule has 25 heavy (non-hydrogen) atoms. The summed E-state index contributed by atoms with van der Waals surface area (Å²) in [7, 11) is 0. The molecule has 0 atom stereocenters. The average molecular weight is 348 g/mol. The number of rotatable bonds is 3. The number of hydrogen-bond donors (Lipinski definition) is 1. The van der Waals surface area contributed by atoms with Crippen molar-refractivity contribution >= 4 is 17.7 Å². The number of nitrogens with zero attached hydrogens (tertiary/aromatic N) is 4. The van der Waals surface area contributed by atoms with Gasteiger partial charge in [0, 0.05) is 26.2 Å². The van der Waals surface area contributed by atoms with Crippen molar-refractivity contribution in [2.24, 2.45) is 0 Å². The third-order valence-corrected chi connectivity index (χ3v) is 3.94. The normalized spacial score (nSPS) is 14.5. The molecule has 130 valence electrons. The van der Waals surface area contributed by atoms with Crippen molar-refractivity contribution in [2.45, 2.75) is 0 Å². The monoisotopic (exact) mass is 348 g/mol. The smallest absolute Gasteiger partial charge is 0.356 e. The van der Waals surface area contributed by atoms with E-state index in [0.717, 1.165) is 12.1 Å². The van der Waals surface area contributed by atoms with E-state index in [-0.39, 0.29) is 18.8 Å². The largest absolute Gasteiger partial charge is 0.476 e. The predicted molar refractivity (Wildman–Crippen MR) is 83.5 cm³/mol. The summed E-state index contributed by atoms with van der Waals surface area (Å²) in [4.78, 5) is 26.3. The van der Waals surface area contributed by atoms with Crippen molar-refractivity contribution in [1.29, 1.82) is 0 Å². The van der Waals surface area contributed by atoms with Gasteiger partial charge in [0.25, 0.3) is 5.91 Å². The molecule has 2 heterocycles. The summed E-state index contributed by atoms with van der Waals surface area (Å²) in [5.41, 5.74) is -0.714. The molecule has 9 heteroatoms. The van der Waals surface area contributed by atoms with Gasteiger partial charge in [0.15, 0.2) is 11.5 Å². The lowest BCUT2D eigenvalue weighted by atomic mass is 10.1. The number of benzene rings is 1. The number of anilines is 1. The van der Waals surface area contributed by atoms with E-state index in [1.807, 2.05) is 4.90 Å². The zero-order valence-corrected chi connectivity index (χ0v) is 13.0. The summed E-state index contributed by atoms with van der Waals surface area (Å²) in [6.45, 7) is 1.30. The van der Waals surface area contributed by atoms with Gasteiger partial charge in [-0.2, -0.15) is 0 Å². The number of hydrogen-bond acceptors (Lipinski definition) is 5. The highest BCUT2D eigenvalue weighted by Crippen LogP contribution is 2.18. The quantitative estimate of drug-likeness (QED) is 0.903. The summed E-state index contributed by atoms with van der Waals surface area (Å²) in [6.07, 6.45) is 0. The van der Waals surface area contributed by atoms with E-state index in [9.17, 15) is 18.4 Å². The number of carboxylic acids is 1. The third kappa shape index (κ3) is 3.39. The maximum atomic E-state index is 13.7. The fourth-order valence-electron chi connectivity index (χ4n) is 2.61. The highest BCUT2D eigenvalue weighted by molar-refractivity contribution is 5.95. The Hall–Kier alpha value is -3.10. The van der Waals surface area contributed by atoms with Gasteiger partial charge in [0.05, 0.1) is 0 Å². The van der Waals surface area contributed by atoms with Gasteiger partial charge in [-0.15, -0.1) is 10.2 Å². The lowest BCUT2D eigenvalue weighted by molar-refractivity contribution is 0.0686. The molecule has 0 bridgehead atoms. The van der Waals surface area contributed by atoms with Crippen molar-refractivity contribution < 1.29 is 23.5 Å². The van der Waals surface area contributed by atoms with E-state index in [4.69, 9.17) is 5.11 Å². The third-order valence-electron chi connectivity index (χ3n) is 3.94. The zero-order chi connectivity index (χ0) is 18.0. The second kappa shape index (κ2) is 6.80. The molecule has 0 spiro atoms. The van der Waals surface area contributed by atoms with Crippen LogP contribution in [0.1, 0.15) is 20.8 Å². The van der Waals surface area contributed by atoms with Crippen LogP contribution in [-0.2, 0) is 0 Å². The van der Waals surface area contributed by atoms with Crippen LogP contribution in [0.2, 0.25) is 0 Å². The van der Waals surface area contributed by atoms with Crippen LogP contribution in [0.3, 0.4) is 0 Å². The van der Waals surface area contributed by atoms with Crippen LogP contribution >= 0.6 is 0 Å².